The number of carbonyl (C=O) groups is 1. The summed E-state index contributed by atoms with van der Waals surface area (Å²) in [7, 11) is 0. The van der Waals surface area contributed by atoms with Crippen LogP contribution in [0.5, 0.6) is 0 Å². The average Bonchev–Trinajstić information content (AvgIpc) is 2.78. The molecule has 2 aromatic rings. The van der Waals surface area contributed by atoms with Gasteiger partial charge in [0.25, 0.3) is 5.91 Å². The van der Waals surface area contributed by atoms with Gasteiger partial charge in [-0.2, -0.15) is 0 Å². The number of hydrogen-bond donors (Lipinski definition) is 1. The van der Waals surface area contributed by atoms with E-state index < -0.39 is 5.60 Å². The number of para-hydroxylation sites is 1. The predicted octanol–water partition coefficient (Wildman–Crippen LogP) is 4.20. The number of anilines is 1. The Labute approximate surface area is 149 Å². The molecular formula is C22H25NO2. The van der Waals surface area contributed by atoms with Crippen molar-refractivity contribution in [2.24, 2.45) is 5.92 Å². The maximum atomic E-state index is 13.0. The summed E-state index contributed by atoms with van der Waals surface area (Å²) in [5.41, 5.74) is 1.49. The molecule has 1 saturated heterocycles. The zero-order valence-electron chi connectivity index (χ0n) is 15.1. The van der Waals surface area contributed by atoms with E-state index in [9.17, 15) is 9.90 Å². The maximum Gasteiger partial charge on any atom is 0.257 e. The Morgan fingerprint density at radius 1 is 1.12 bits per heavy atom. The lowest BCUT2D eigenvalue weighted by molar-refractivity contribution is -0.114. The second-order valence-corrected chi connectivity index (χ2v) is 7.27. The van der Waals surface area contributed by atoms with Crippen molar-refractivity contribution in [3.63, 3.8) is 0 Å². The van der Waals surface area contributed by atoms with E-state index in [1.165, 1.54) is 0 Å². The lowest BCUT2D eigenvalue weighted by Gasteiger charge is -2.35. The first-order chi connectivity index (χ1) is 11.9. The third-order valence-corrected chi connectivity index (χ3v) is 4.95. The fraction of sp³-hybridized carbons (Fsp3) is 0.318. The van der Waals surface area contributed by atoms with Gasteiger partial charge in [0.15, 0.2) is 0 Å². The number of aliphatic hydroxyl groups is 1. The van der Waals surface area contributed by atoms with E-state index in [-0.39, 0.29) is 17.5 Å². The van der Waals surface area contributed by atoms with Crippen LogP contribution in [-0.2, 0) is 10.4 Å². The molecule has 1 fully saturated rings. The molecule has 2 atom stereocenters. The summed E-state index contributed by atoms with van der Waals surface area (Å²) in [6.45, 7) is 10.2. The number of carbonyl (C=O) groups excluding carboxylic acids is 1. The molecule has 25 heavy (non-hydrogen) atoms. The Balaban J connectivity index is 2.14. The van der Waals surface area contributed by atoms with Crippen LogP contribution in [0.1, 0.15) is 31.4 Å². The molecule has 2 aromatic carbocycles. The van der Waals surface area contributed by atoms with Gasteiger partial charge < -0.3 is 10.0 Å². The molecule has 130 valence electrons. The van der Waals surface area contributed by atoms with Gasteiger partial charge in [0.1, 0.15) is 5.60 Å². The summed E-state index contributed by atoms with van der Waals surface area (Å²) in [6.07, 6.45) is 0.685. The quantitative estimate of drug-likeness (QED) is 0.851. The highest BCUT2D eigenvalue weighted by Crippen LogP contribution is 2.46. The molecule has 1 aliphatic rings. The highest BCUT2D eigenvalue weighted by Gasteiger charge is 2.55. The van der Waals surface area contributed by atoms with Gasteiger partial charge in [0, 0.05) is 11.3 Å². The minimum Gasteiger partial charge on any atom is -0.378 e. The zero-order chi connectivity index (χ0) is 18.2. The summed E-state index contributed by atoms with van der Waals surface area (Å²) >= 11 is 0. The van der Waals surface area contributed by atoms with Crippen LogP contribution in [0.4, 0.5) is 5.69 Å². The normalized spacial score (nSPS) is 23.6. The first-order valence-corrected chi connectivity index (χ1v) is 8.73. The molecular weight excluding hydrogens is 310 g/mol. The van der Waals surface area contributed by atoms with Gasteiger partial charge in [0.05, 0.1) is 6.04 Å². The number of rotatable bonds is 4. The predicted molar refractivity (Wildman–Crippen MR) is 101 cm³/mol. The van der Waals surface area contributed by atoms with Crippen LogP contribution in [-0.4, -0.2) is 17.1 Å². The second kappa shape index (κ2) is 6.49. The summed E-state index contributed by atoms with van der Waals surface area (Å²) in [5, 5.41) is 11.7. The van der Waals surface area contributed by atoms with Crippen molar-refractivity contribution >= 4 is 11.6 Å². The number of nitrogens with zero attached hydrogens (tertiary/aromatic N) is 1. The molecule has 1 amide bonds. The van der Waals surface area contributed by atoms with Crippen molar-refractivity contribution in [3.05, 3.63) is 77.9 Å². The van der Waals surface area contributed by atoms with Crippen molar-refractivity contribution in [3.8, 4) is 0 Å². The van der Waals surface area contributed by atoms with E-state index in [1.807, 2.05) is 61.5 Å². The van der Waals surface area contributed by atoms with Crippen molar-refractivity contribution in [1.29, 1.82) is 0 Å². The molecule has 3 rings (SSSR count). The van der Waals surface area contributed by atoms with Crippen molar-refractivity contribution < 1.29 is 9.90 Å². The second-order valence-electron chi connectivity index (χ2n) is 7.27. The molecule has 0 aromatic heterocycles. The van der Waals surface area contributed by atoms with E-state index in [0.29, 0.717) is 12.3 Å². The third-order valence-electron chi connectivity index (χ3n) is 4.95. The van der Waals surface area contributed by atoms with Gasteiger partial charge in [-0.1, -0.05) is 68.5 Å². The molecule has 0 radical (unpaired) electrons. The maximum absolute atomic E-state index is 13.0. The first kappa shape index (κ1) is 17.4. The Bertz CT molecular complexity index is 779. The Morgan fingerprint density at radius 3 is 2.28 bits per heavy atom. The van der Waals surface area contributed by atoms with Crippen molar-refractivity contribution in [1.82, 2.24) is 0 Å². The van der Waals surface area contributed by atoms with Gasteiger partial charge in [-0.15, -0.1) is 0 Å². The molecule has 3 heteroatoms. The summed E-state index contributed by atoms with van der Waals surface area (Å²) in [5.74, 6) is 0.117. The molecule has 0 spiro atoms. The van der Waals surface area contributed by atoms with Crippen LogP contribution in [0.25, 0.3) is 0 Å². The van der Waals surface area contributed by atoms with Crippen LogP contribution >= 0.6 is 0 Å². The van der Waals surface area contributed by atoms with Crippen LogP contribution in [0.15, 0.2) is 66.7 Å². The smallest absolute Gasteiger partial charge is 0.257 e. The van der Waals surface area contributed by atoms with Gasteiger partial charge in [-0.25, -0.2) is 0 Å². The van der Waals surface area contributed by atoms with Crippen LogP contribution in [0, 0.1) is 12.8 Å². The summed E-state index contributed by atoms with van der Waals surface area (Å²) in [6, 6.07) is 16.9. The third kappa shape index (κ3) is 2.89. The number of hydrogen-bond acceptors (Lipinski definition) is 2. The summed E-state index contributed by atoms with van der Waals surface area (Å²) < 4.78 is 0. The van der Waals surface area contributed by atoms with Crippen LogP contribution in [0.3, 0.4) is 0 Å². The zero-order valence-corrected chi connectivity index (χ0v) is 15.1. The highest BCUT2D eigenvalue weighted by atomic mass is 16.3. The highest BCUT2D eigenvalue weighted by molar-refractivity contribution is 6.10. The minimum absolute atomic E-state index is 0.208. The van der Waals surface area contributed by atoms with E-state index >= 15 is 0 Å². The molecule has 0 aliphatic carbocycles. The lowest BCUT2D eigenvalue weighted by Crippen LogP contribution is -2.44. The lowest BCUT2D eigenvalue weighted by atomic mass is 9.80. The van der Waals surface area contributed by atoms with E-state index in [0.717, 1.165) is 16.8 Å². The fourth-order valence-corrected chi connectivity index (χ4v) is 3.62. The standard InChI is InChI=1S/C22H25NO2/c1-15(2)14-20-22(25,18-12-10-16(3)11-13-18)17(4)21(24)23(20)19-8-6-5-7-9-19/h5-13,15,20,25H,4,14H2,1-3H3/t20-,22+/m0/s1. The van der Waals surface area contributed by atoms with E-state index in [2.05, 4.69) is 20.4 Å². The molecule has 1 aliphatic heterocycles. The number of benzene rings is 2. The van der Waals surface area contributed by atoms with E-state index in [1.54, 1.807) is 4.90 Å². The van der Waals surface area contributed by atoms with Gasteiger partial charge in [-0.05, 0) is 37.0 Å². The minimum atomic E-state index is -1.38. The molecule has 1 N–H and O–H groups in total. The SMILES string of the molecule is C=C1C(=O)N(c2ccccc2)[C@@H](CC(C)C)[C@]1(O)c1ccc(C)cc1. The topological polar surface area (TPSA) is 40.5 Å². The van der Waals surface area contributed by atoms with Crippen LogP contribution in [0.2, 0.25) is 0 Å². The Kier molecular flexibility index (Phi) is 4.53. The Hall–Kier alpha value is -2.39. The average molecular weight is 335 g/mol. The molecule has 1 heterocycles. The van der Waals surface area contributed by atoms with E-state index in [4.69, 9.17) is 0 Å². The molecule has 0 unspecified atom stereocenters. The fourth-order valence-electron chi connectivity index (χ4n) is 3.62. The summed E-state index contributed by atoms with van der Waals surface area (Å²) in [4.78, 5) is 14.7. The first-order valence-electron chi connectivity index (χ1n) is 8.73. The van der Waals surface area contributed by atoms with Gasteiger partial charge in [0.2, 0.25) is 0 Å². The van der Waals surface area contributed by atoms with Crippen molar-refractivity contribution in [2.45, 2.75) is 38.8 Å². The number of aryl methyl sites for hydroxylation is 1. The number of amides is 1. The van der Waals surface area contributed by atoms with Crippen LogP contribution < -0.4 is 4.90 Å². The van der Waals surface area contributed by atoms with Gasteiger partial charge >= 0.3 is 0 Å². The Morgan fingerprint density at radius 2 is 1.72 bits per heavy atom. The van der Waals surface area contributed by atoms with Gasteiger partial charge in [-0.3, -0.25) is 4.79 Å². The van der Waals surface area contributed by atoms with Crippen molar-refractivity contribution in [2.75, 3.05) is 4.90 Å². The largest absolute Gasteiger partial charge is 0.378 e. The molecule has 3 nitrogen and oxygen atoms in total. The molecule has 0 bridgehead atoms. The molecule has 0 saturated carbocycles. The monoisotopic (exact) mass is 335 g/mol.